The molecule has 1 saturated heterocycles. The van der Waals surface area contributed by atoms with Crippen LogP contribution in [0, 0.1) is 11.3 Å². The number of pyridine rings is 1. The summed E-state index contributed by atoms with van der Waals surface area (Å²) in [6.45, 7) is 9.17. The highest BCUT2D eigenvalue weighted by molar-refractivity contribution is 6.36. The van der Waals surface area contributed by atoms with E-state index in [1.54, 1.807) is 62.3 Å². The monoisotopic (exact) mass is 558 g/mol. The number of nitrogens with one attached hydrogen (secondary N) is 2. The number of piperazine rings is 1. The zero-order valence-electron chi connectivity index (χ0n) is 21.9. The molecular formula is C27H32Cl2N6O3. The minimum Gasteiger partial charge on any atom is -0.455 e. The van der Waals surface area contributed by atoms with E-state index < -0.39 is 23.4 Å². The first kappa shape index (κ1) is 27.9. The first-order valence-electron chi connectivity index (χ1n) is 12.6. The van der Waals surface area contributed by atoms with Gasteiger partial charge >= 0.3 is 5.97 Å². The SMILES string of the molecule is CC[C@H](C(=N)C(=O)OC(C)(C)C)[C@H](C(=O)N1CCN(c2c(Cl)cnc3[nH]ncc23)CC1)c1ccc(Cl)cc1. The number of esters is 1. The number of nitrogens with zero attached hydrogens (tertiary/aromatic N) is 4. The molecule has 0 unspecified atom stereocenters. The zero-order chi connectivity index (χ0) is 27.6. The van der Waals surface area contributed by atoms with Gasteiger partial charge in [-0.1, -0.05) is 42.3 Å². The Kier molecular flexibility index (Phi) is 8.28. The van der Waals surface area contributed by atoms with Crippen molar-refractivity contribution in [2.75, 3.05) is 31.1 Å². The first-order valence-corrected chi connectivity index (χ1v) is 13.3. The van der Waals surface area contributed by atoms with E-state index in [-0.39, 0.29) is 11.6 Å². The number of ether oxygens (including phenoxy) is 1. The highest BCUT2D eigenvalue weighted by Gasteiger charge is 2.39. The van der Waals surface area contributed by atoms with Crippen molar-refractivity contribution in [3.8, 4) is 0 Å². The summed E-state index contributed by atoms with van der Waals surface area (Å²) in [6, 6.07) is 7.03. The van der Waals surface area contributed by atoms with Crippen LogP contribution in [-0.2, 0) is 14.3 Å². The number of H-pyrrole nitrogens is 1. The quantitative estimate of drug-likeness (QED) is 0.308. The van der Waals surface area contributed by atoms with Crippen LogP contribution in [0.3, 0.4) is 0 Å². The topological polar surface area (TPSA) is 115 Å². The molecule has 1 amide bonds. The number of benzene rings is 1. The first-order chi connectivity index (χ1) is 18.0. The molecule has 9 nitrogen and oxygen atoms in total. The lowest BCUT2D eigenvalue weighted by Gasteiger charge is -2.39. The molecule has 4 rings (SSSR count). The highest BCUT2D eigenvalue weighted by atomic mass is 35.5. The fraction of sp³-hybridized carbons (Fsp3) is 0.444. The molecule has 0 spiro atoms. The van der Waals surface area contributed by atoms with E-state index in [0.29, 0.717) is 53.9 Å². The number of carbonyl (C=O) groups excluding carboxylic acids is 2. The summed E-state index contributed by atoms with van der Waals surface area (Å²) >= 11 is 12.6. The molecule has 2 N–H and O–H groups in total. The Bertz CT molecular complexity index is 1330. The summed E-state index contributed by atoms with van der Waals surface area (Å²) in [4.78, 5) is 35.1. The minimum atomic E-state index is -0.744. The summed E-state index contributed by atoms with van der Waals surface area (Å²) in [5.41, 5.74) is 1.24. The highest BCUT2D eigenvalue weighted by Crippen LogP contribution is 2.35. The van der Waals surface area contributed by atoms with Gasteiger partial charge < -0.3 is 14.5 Å². The van der Waals surface area contributed by atoms with Crippen LogP contribution in [0.25, 0.3) is 11.0 Å². The van der Waals surface area contributed by atoms with Crippen LogP contribution in [0.4, 0.5) is 5.69 Å². The summed E-state index contributed by atoms with van der Waals surface area (Å²) in [5.74, 6) is -2.23. The molecule has 1 fully saturated rings. The van der Waals surface area contributed by atoms with Crippen molar-refractivity contribution in [3.05, 3.63) is 52.3 Å². The van der Waals surface area contributed by atoms with Crippen LogP contribution in [0.5, 0.6) is 0 Å². The maximum atomic E-state index is 14.1. The van der Waals surface area contributed by atoms with Gasteiger partial charge in [-0.15, -0.1) is 0 Å². The molecule has 3 aromatic rings. The molecule has 1 aliphatic rings. The second-order valence-electron chi connectivity index (χ2n) is 10.4. The number of rotatable bonds is 7. The van der Waals surface area contributed by atoms with Gasteiger partial charge in [-0.25, -0.2) is 9.78 Å². The molecule has 0 saturated carbocycles. The van der Waals surface area contributed by atoms with Gasteiger partial charge in [0.1, 0.15) is 11.3 Å². The fourth-order valence-electron chi connectivity index (χ4n) is 4.84. The van der Waals surface area contributed by atoms with E-state index >= 15 is 0 Å². The number of halogens is 2. The number of fused-ring (bicyclic) bond motifs is 1. The van der Waals surface area contributed by atoms with Crippen LogP contribution >= 0.6 is 23.2 Å². The van der Waals surface area contributed by atoms with E-state index in [0.717, 1.165) is 11.1 Å². The van der Waals surface area contributed by atoms with Gasteiger partial charge in [0, 0.05) is 37.1 Å². The largest absolute Gasteiger partial charge is 0.455 e. The predicted octanol–water partition coefficient (Wildman–Crippen LogP) is 5.08. The summed E-state index contributed by atoms with van der Waals surface area (Å²) in [5, 5.41) is 17.5. The van der Waals surface area contributed by atoms with Gasteiger partial charge in [-0.05, 0) is 44.9 Å². The number of hydrogen-bond acceptors (Lipinski definition) is 7. The van der Waals surface area contributed by atoms with Crippen molar-refractivity contribution in [2.24, 2.45) is 5.92 Å². The molecule has 2 atom stereocenters. The normalized spacial score (nSPS) is 15.8. The smallest absolute Gasteiger partial charge is 0.352 e. The van der Waals surface area contributed by atoms with Gasteiger partial charge in [0.15, 0.2) is 5.65 Å². The standard InChI is InChI=1S/C27H32Cl2N6O3/c1-5-18(22(30)26(37)38-27(2,3)4)21(16-6-8-17(28)9-7-16)25(36)35-12-10-34(11-13-35)23-19-14-32-33-24(19)31-15-20(23)29/h6-9,14-15,18,21,30H,5,10-13H2,1-4H3,(H,31,32,33)/t18-,21+/m0/s1. The summed E-state index contributed by atoms with van der Waals surface area (Å²) in [6.07, 6.45) is 3.72. The molecular weight excluding hydrogens is 527 g/mol. The van der Waals surface area contributed by atoms with Crippen molar-refractivity contribution < 1.29 is 14.3 Å². The van der Waals surface area contributed by atoms with Crippen molar-refractivity contribution in [1.29, 1.82) is 5.41 Å². The Morgan fingerprint density at radius 3 is 2.37 bits per heavy atom. The molecule has 11 heteroatoms. The van der Waals surface area contributed by atoms with Crippen LogP contribution in [0.1, 0.15) is 45.6 Å². The maximum absolute atomic E-state index is 14.1. The lowest BCUT2D eigenvalue weighted by Crippen LogP contribution is -2.51. The van der Waals surface area contributed by atoms with E-state index in [9.17, 15) is 9.59 Å². The number of amides is 1. The number of aromatic amines is 1. The van der Waals surface area contributed by atoms with Gasteiger partial charge in [0.2, 0.25) is 5.91 Å². The van der Waals surface area contributed by atoms with Gasteiger partial charge in [0.25, 0.3) is 0 Å². The third kappa shape index (κ3) is 5.94. The molecule has 0 bridgehead atoms. The Labute approximate surface area is 232 Å². The third-order valence-electron chi connectivity index (χ3n) is 6.64. The zero-order valence-corrected chi connectivity index (χ0v) is 23.4. The third-order valence-corrected chi connectivity index (χ3v) is 7.17. The minimum absolute atomic E-state index is 0.138. The molecule has 1 aliphatic heterocycles. The molecule has 0 aliphatic carbocycles. The van der Waals surface area contributed by atoms with E-state index in [4.69, 9.17) is 33.3 Å². The Morgan fingerprint density at radius 2 is 1.76 bits per heavy atom. The van der Waals surface area contributed by atoms with E-state index in [1.165, 1.54) is 0 Å². The van der Waals surface area contributed by atoms with E-state index in [1.807, 2.05) is 6.92 Å². The molecule has 202 valence electrons. The van der Waals surface area contributed by atoms with Gasteiger partial charge in [-0.2, -0.15) is 5.10 Å². The molecule has 1 aromatic carbocycles. The van der Waals surface area contributed by atoms with Crippen LogP contribution in [-0.4, -0.2) is 69.4 Å². The Morgan fingerprint density at radius 1 is 1.11 bits per heavy atom. The van der Waals surface area contributed by atoms with Gasteiger partial charge in [-0.3, -0.25) is 15.3 Å². The Balaban J connectivity index is 1.58. The molecule has 38 heavy (non-hydrogen) atoms. The number of hydrogen-bond donors (Lipinski definition) is 2. The maximum Gasteiger partial charge on any atom is 0.352 e. The lowest BCUT2D eigenvalue weighted by atomic mass is 9.80. The number of aromatic nitrogens is 3. The summed E-state index contributed by atoms with van der Waals surface area (Å²) in [7, 11) is 0. The predicted molar refractivity (Wildman–Crippen MR) is 149 cm³/mol. The van der Waals surface area contributed by atoms with Gasteiger partial charge in [0.05, 0.1) is 34.4 Å². The van der Waals surface area contributed by atoms with E-state index in [2.05, 4.69) is 20.1 Å². The molecule has 2 aromatic heterocycles. The summed E-state index contributed by atoms with van der Waals surface area (Å²) < 4.78 is 5.47. The number of carbonyl (C=O) groups is 2. The fourth-order valence-corrected chi connectivity index (χ4v) is 5.23. The average Bonchev–Trinajstić information content (AvgIpc) is 3.35. The van der Waals surface area contributed by atoms with Crippen LogP contribution in [0.15, 0.2) is 36.7 Å². The second-order valence-corrected chi connectivity index (χ2v) is 11.2. The van der Waals surface area contributed by atoms with Crippen molar-refractivity contribution in [2.45, 2.75) is 45.6 Å². The van der Waals surface area contributed by atoms with Crippen LogP contribution in [0.2, 0.25) is 10.0 Å². The average molecular weight is 559 g/mol. The van der Waals surface area contributed by atoms with Crippen LogP contribution < -0.4 is 4.90 Å². The van der Waals surface area contributed by atoms with Crippen molar-refractivity contribution >= 4 is 57.5 Å². The molecule has 0 radical (unpaired) electrons. The number of anilines is 1. The second kappa shape index (κ2) is 11.3. The Hall–Kier alpha value is -3.17. The molecule has 3 heterocycles. The van der Waals surface area contributed by atoms with Crippen molar-refractivity contribution in [1.82, 2.24) is 20.1 Å². The lowest BCUT2D eigenvalue weighted by molar-refractivity contribution is -0.146. The van der Waals surface area contributed by atoms with Crippen molar-refractivity contribution in [3.63, 3.8) is 0 Å².